The van der Waals surface area contributed by atoms with Crippen LogP contribution in [-0.2, 0) is 4.79 Å². The summed E-state index contributed by atoms with van der Waals surface area (Å²) in [5.74, 6) is -5.17. The molecule has 0 unspecified atom stereocenters. The normalized spacial score (nSPS) is 17.2. The van der Waals surface area contributed by atoms with E-state index in [9.17, 15) is 41.8 Å². The van der Waals surface area contributed by atoms with Gasteiger partial charge >= 0.3 is 18.2 Å². The molecule has 3 aromatic rings. The number of carboxylic acids is 1. The predicted octanol–water partition coefficient (Wildman–Crippen LogP) is 5.93. The number of amides is 1. The van der Waals surface area contributed by atoms with Crippen molar-refractivity contribution in [2.45, 2.75) is 44.0 Å². The number of nitrogens with one attached hydrogen (secondary N) is 1. The van der Waals surface area contributed by atoms with E-state index >= 15 is 0 Å². The van der Waals surface area contributed by atoms with Crippen molar-refractivity contribution >= 4 is 34.6 Å². The van der Waals surface area contributed by atoms with Gasteiger partial charge in [0.1, 0.15) is 0 Å². The summed E-state index contributed by atoms with van der Waals surface area (Å²) in [6, 6.07) is 14.9. The lowest BCUT2D eigenvalue weighted by Crippen LogP contribution is -2.52. The first-order valence-corrected chi connectivity index (χ1v) is 14.4. The van der Waals surface area contributed by atoms with Gasteiger partial charge in [-0.25, -0.2) is 4.79 Å². The second-order valence-corrected chi connectivity index (χ2v) is 10.8. The Balaban J connectivity index is 1.45. The molecule has 0 bridgehead atoms. The largest absolute Gasteiger partial charge is 0.507 e. The molecule has 0 aromatic heterocycles. The average Bonchev–Trinajstić information content (AvgIpc) is 3.06. The maximum absolute atomic E-state index is 13.8. The molecule has 3 N–H and O–H groups in total. The van der Waals surface area contributed by atoms with Gasteiger partial charge in [0.15, 0.2) is 29.2 Å². The number of aliphatic carboxylic acids is 1. The quantitative estimate of drug-likeness (QED) is 0.139. The first-order valence-electron chi connectivity index (χ1n) is 14.4. The Hall–Kier alpha value is -5.30. The number of Topliss-reactive ketones (excluding diaryl/α,β-unsaturated/α-hetero) is 1. The monoisotopic (exact) mass is 653 g/mol. The third kappa shape index (κ3) is 7.25. The van der Waals surface area contributed by atoms with Crippen molar-refractivity contribution in [3.8, 4) is 11.5 Å². The predicted molar refractivity (Wildman–Crippen MR) is 160 cm³/mol. The lowest BCUT2D eigenvalue weighted by atomic mass is 9.90. The Morgan fingerprint density at radius 2 is 1.40 bits per heavy atom. The van der Waals surface area contributed by atoms with Crippen molar-refractivity contribution in [3.63, 3.8) is 0 Å². The summed E-state index contributed by atoms with van der Waals surface area (Å²) in [6.07, 6.45) is -4.62. The molecule has 0 saturated heterocycles. The summed E-state index contributed by atoms with van der Waals surface area (Å²) >= 11 is 0. The van der Waals surface area contributed by atoms with E-state index < -0.39 is 59.8 Å². The Morgan fingerprint density at radius 1 is 0.809 bits per heavy atom. The number of allylic oxidation sites excluding steroid dienone is 4. The first kappa shape index (κ1) is 33.1. The number of ether oxygens (including phenoxy) is 2. The number of alkyl halides is 4. The molecular weight excluding hydrogens is 626 g/mol. The summed E-state index contributed by atoms with van der Waals surface area (Å²) in [4.78, 5) is 50.4. The second-order valence-electron chi connectivity index (χ2n) is 10.8. The fourth-order valence-corrected chi connectivity index (χ4v) is 4.99. The van der Waals surface area contributed by atoms with Crippen LogP contribution in [0.5, 0.6) is 11.5 Å². The number of aliphatic hydroxyl groups excluding tert-OH is 1. The molecule has 1 aliphatic carbocycles. The Morgan fingerprint density at radius 3 is 2.02 bits per heavy atom. The number of hydrogen-bond acceptors (Lipinski definition) is 7. The number of carbonyl (C=O) groups excluding carboxylic acids is 3. The van der Waals surface area contributed by atoms with Crippen LogP contribution in [0.25, 0.3) is 11.1 Å². The fourth-order valence-electron chi connectivity index (χ4n) is 4.99. The number of rotatable bonds is 10. The molecule has 1 heterocycles. The number of carbonyl (C=O) groups is 4. The second kappa shape index (κ2) is 13.2. The third-order valence-electron chi connectivity index (χ3n) is 7.57. The van der Waals surface area contributed by atoms with Crippen LogP contribution in [-0.4, -0.2) is 58.5 Å². The molecule has 13 heteroatoms. The van der Waals surface area contributed by atoms with Gasteiger partial charge in [-0.15, -0.1) is 0 Å². The molecule has 3 aromatic carbocycles. The minimum Gasteiger partial charge on any atom is -0.479 e. The van der Waals surface area contributed by atoms with Crippen molar-refractivity contribution in [1.82, 2.24) is 5.32 Å². The lowest BCUT2D eigenvalue weighted by molar-refractivity contribution is -0.391. The van der Waals surface area contributed by atoms with E-state index in [0.717, 1.165) is 61.1 Å². The first-order chi connectivity index (χ1) is 22.3. The van der Waals surface area contributed by atoms with Gasteiger partial charge in [0.25, 0.3) is 5.91 Å². The fraction of sp³-hybridized carbons (Fsp3) is 0.235. The Bertz CT molecular complexity index is 1780. The summed E-state index contributed by atoms with van der Waals surface area (Å²) in [6.45, 7) is -0.545. The van der Waals surface area contributed by atoms with Crippen molar-refractivity contribution in [2.75, 3.05) is 6.54 Å². The number of ketones is 2. The van der Waals surface area contributed by atoms with Crippen LogP contribution in [0.2, 0.25) is 0 Å². The zero-order valence-electron chi connectivity index (χ0n) is 24.5. The highest BCUT2D eigenvalue weighted by atomic mass is 19.3. The van der Waals surface area contributed by atoms with Crippen LogP contribution in [0.15, 0.2) is 78.9 Å². The van der Waals surface area contributed by atoms with Gasteiger partial charge in [-0.05, 0) is 78.8 Å². The zero-order chi connectivity index (χ0) is 33.9. The zero-order valence-corrected chi connectivity index (χ0v) is 24.5. The molecule has 2 aliphatic rings. The number of fused-ring (bicyclic) bond motifs is 1. The number of hydrogen-bond donors (Lipinski definition) is 3. The minimum atomic E-state index is -4.99. The van der Waals surface area contributed by atoms with E-state index in [1.807, 2.05) is 12.1 Å². The van der Waals surface area contributed by atoms with Gasteiger partial charge in [-0.3, -0.25) is 14.4 Å². The van der Waals surface area contributed by atoms with Gasteiger partial charge in [-0.1, -0.05) is 42.5 Å². The molecule has 1 atom stereocenters. The minimum absolute atomic E-state index is 0.0597. The third-order valence-corrected chi connectivity index (χ3v) is 7.57. The average molecular weight is 654 g/mol. The van der Waals surface area contributed by atoms with Gasteiger partial charge < -0.3 is 25.0 Å². The SMILES string of the molecule is O=C(C=C(C(=O)c1ccc(C(=O)NC[C@@H](O)C(=O)O)cc1)c1ccc(C2=CCCCC2)cc1)c1ccc2c(c1)OC(F)(F)C(F)(F)O2. The van der Waals surface area contributed by atoms with Gasteiger partial charge in [0, 0.05) is 22.3 Å². The van der Waals surface area contributed by atoms with E-state index in [1.54, 1.807) is 12.1 Å². The van der Waals surface area contributed by atoms with E-state index in [-0.39, 0.29) is 22.3 Å². The van der Waals surface area contributed by atoms with Crippen LogP contribution >= 0.6 is 0 Å². The summed E-state index contributed by atoms with van der Waals surface area (Å²) in [5.41, 5.74) is 2.22. The van der Waals surface area contributed by atoms with Crippen LogP contribution in [0, 0.1) is 0 Å². The van der Waals surface area contributed by atoms with E-state index in [4.69, 9.17) is 5.11 Å². The smallest absolute Gasteiger partial charge is 0.479 e. The number of carboxylic acid groups (broad SMARTS) is 1. The lowest BCUT2D eigenvalue weighted by Gasteiger charge is -2.31. The van der Waals surface area contributed by atoms with Crippen LogP contribution in [0.4, 0.5) is 17.6 Å². The van der Waals surface area contributed by atoms with Gasteiger partial charge in [0.2, 0.25) is 0 Å². The molecule has 5 rings (SSSR count). The molecule has 1 aliphatic heterocycles. The van der Waals surface area contributed by atoms with Gasteiger partial charge in [0.05, 0.1) is 6.54 Å². The van der Waals surface area contributed by atoms with Crippen LogP contribution < -0.4 is 14.8 Å². The highest BCUT2D eigenvalue weighted by molar-refractivity contribution is 6.32. The Labute approximate surface area is 265 Å². The van der Waals surface area contributed by atoms with Crippen LogP contribution in [0.3, 0.4) is 0 Å². The van der Waals surface area contributed by atoms with E-state index in [1.165, 1.54) is 24.3 Å². The van der Waals surface area contributed by atoms with E-state index in [2.05, 4.69) is 20.9 Å². The molecular formula is C34H27F4NO8. The molecule has 0 fully saturated rings. The molecule has 0 spiro atoms. The molecule has 47 heavy (non-hydrogen) atoms. The molecule has 9 nitrogen and oxygen atoms in total. The molecule has 1 amide bonds. The van der Waals surface area contributed by atoms with Crippen LogP contribution in [0.1, 0.15) is 67.9 Å². The molecule has 0 radical (unpaired) electrons. The van der Waals surface area contributed by atoms with Crippen molar-refractivity contribution in [2.24, 2.45) is 0 Å². The summed E-state index contributed by atoms with van der Waals surface area (Å²) < 4.78 is 62.9. The number of halogens is 4. The highest BCUT2D eigenvalue weighted by Crippen LogP contribution is 2.47. The topological polar surface area (TPSA) is 139 Å². The number of aliphatic hydroxyl groups is 1. The summed E-state index contributed by atoms with van der Waals surface area (Å²) in [5, 5.41) is 20.4. The van der Waals surface area contributed by atoms with Gasteiger partial charge in [-0.2, -0.15) is 17.6 Å². The van der Waals surface area contributed by atoms with Crippen molar-refractivity contribution in [1.29, 1.82) is 0 Å². The maximum atomic E-state index is 13.8. The summed E-state index contributed by atoms with van der Waals surface area (Å²) in [7, 11) is 0. The Kier molecular flexibility index (Phi) is 9.29. The molecule has 0 saturated carbocycles. The van der Waals surface area contributed by atoms with Crippen molar-refractivity contribution < 1.29 is 56.4 Å². The van der Waals surface area contributed by atoms with E-state index in [0.29, 0.717) is 5.56 Å². The highest BCUT2D eigenvalue weighted by Gasteiger charge is 2.66. The standard InChI is InChI=1S/C34H27F4NO8/c35-33(36)34(37,38)47-29-16-24(14-15-28(29)46-33)26(40)17-25(21-8-6-20(7-9-21)19-4-2-1-3-5-19)30(42)22-10-12-23(13-11-22)31(43)39-18-27(41)32(44)45/h4,6-17,27,41H,1-3,5,18H2,(H,39,43)(H,44,45)/t27-/m1/s1. The molecule has 244 valence electrons. The number of benzene rings is 3. The maximum Gasteiger partial charge on any atom is 0.507 e. The van der Waals surface area contributed by atoms with Crippen molar-refractivity contribution in [3.05, 3.63) is 107 Å².